The second kappa shape index (κ2) is 5.77. The van der Waals surface area contributed by atoms with Crippen LogP contribution in [0.2, 0.25) is 0 Å². The van der Waals surface area contributed by atoms with Crippen LogP contribution in [-0.4, -0.2) is 40.4 Å². The summed E-state index contributed by atoms with van der Waals surface area (Å²) in [5.74, 6) is -1.41. The summed E-state index contributed by atoms with van der Waals surface area (Å²) in [5, 5.41) is 4.56. The van der Waals surface area contributed by atoms with Gasteiger partial charge in [0.15, 0.2) is 11.9 Å². The maximum absolute atomic E-state index is 13.3. The molecule has 2 aromatic rings. The van der Waals surface area contributed by atoms with Gasteiger partial charge in [-0.2, -0.15) is 5.10 Å². The first kappa shape index (κ1) is 17.4. The number of halogens is 1. The van der Waals surface area contributed by atoms with Crippen molar-refractivity contribution < 1.29 is 23.4 Å². The van der Waals surface area contributed by atoms with Crippen LogP contribution in [0.4, 0.5) is 4.39 Å². The molecule has 1 spiro atoms. The van der Waals surface area contributed by atoms with Crippen LogP contribution in [0.25, 0.3) is 11.8 Å². The third-order valence-corrected chi connectivity index (χ3v) is 6.93. The Balaban J connectivity index is 1.41. The topological polar surface area (TPSA) is 62.6 Å². The molecule has 2 unspecified atom stereocenters. The summed E-state index contributed by atoms with van der Waals surface area (Å²) in [6.45, 7) is 2.43. The smallest absolute Gasteiger partial charge is 0.338 e. The van der Waals surface area contributed by atoms with E-state index >= 15 is 0 Å². The highest BCUT2D eigenvalue weighted by molar-refractivity contribution is 5.78. The maximum atomic E-state index is 13.3. The lowest BCUT2D eigenvalue weighted by Crippen LogP contribution is -2.54. The highest BCUT2D eigenvalue weighted by Gasteiger charge is 2.64. The standard InChI is InChI=1S/C22H21FN2O4/c1-21-10-13-11-24-25(16-6-4-15(23)5-7-16)17(13)9-14(21)3-2-8-22(21)28-18-12-27-20(26)19(18)29-22/h4-7,9,11,18-19H,2-3,8,10,12H2,1H3/t18-,19-,21?,22?/m1/s1. The number of ether oxygens (including phenoxy) is 3. The van der Waals surface area contributed by atoms with Crippen molar-refractivity contribution in [3.8, 4) is 5.69 Å². The van der Waals surface area contributed by atoms with Gasteiger partial charge in [-0.05, 0) is 55.2 Å². The predicted molar refractivity (Wildman–Crippen MR) is 101 cm³/mol. The molecular formula is C22H21FN2O4. The summed E-state index contributed by atoms with van der Waals surface area (Å²) in [6.07, 6.45) is 6.41. The van der Waals surface area contributed by atoms with E-state index in [1.165, 1.54) is 17.7 Å². The zero-order valence-electron chi connectivity index (χ0n) is 16.1. The molecule has 0 amide bonds. The number of carbonyl (C=O) groups is 1. The quantitative estimate of drug-likeness (QED) is 0.693. The van der Waals surface area contributed by atoms with Crippen LogP contribution < -0.4 is 0 Å². The van der Waals surface area contributed by atoms with E-state index < -0.39 is 11.9 Å². The van der Waals surface area contributed by atoms with Crippen LogP contribution in [-0.2, 0) is 25.4 Å². The molecule has 1 aromatic heterocycles. The highest BCUT2D eigenvalue weighted by atomic mass is 19.1. The van der Waals surface area contributed by atoms with E-state index in [4.69, 9.17) is 14.2 Å². The number of nitrogens with zero attached hydrogens (tertiary/aromatic N) is 2. The molecule has 3 heterocycles. The normalized spacial score (nSPS) is 35.1. The van der Waals surface area contributed by atoms with Gasteiger partial charge in [-0.1, -0.05) is 12.5 Å². The van der Waals surface area contributed by atoms with Crippen molar-refractivity contribution in [3.63, 3.8) is 0 Å². The minimum atomic E-state index is -0.818. The van der Waals surface area contributed by atoms with Gasteiger partial charge in [0.25, 0.3) is 0 Å². The van der Waals surface area contributed by atoms with Gasteiger partial charge >= 0.3 is 5.97 Å². The molecule has 150 valence electrons. The average molecular weight is 396 g/mol. The van der Waals surface area contributed by atoms with Crippen molar-refractivity contribution in [2.45, 2.75) is 50.6 Å². The minimum absolute atomic E-state index is 0.258. The first-order chi connectivity index (χ1) is 14.0. The summed E-state index contributed by atoms with van der Waals surface area (Å²) in [6, 6.07) is 6.34. The summed E-state index contributed by atoms with van der Waals surface area (Å²) >= 11 is 0. The van der Waals surface area contributed by atoms with Gasteiger partial charge in [0.1, 0.15) is 18.5 Å². The fourth-order valence-corrected chi connectivity index (χ4v) is 5.36. The molecule has 2 aliphatic carbocycles. The maximum Gasteiger partial charge on any atom is 0.338 e. The first-order valence-electron chi connectivity index (χ1n) is 10.1. The zero-order chi connectivity index (χ0) is 19.8. The summed E-state index contributed by atoms with van der Waals surface area (Å²) in [7, 11) is 0. The Morgan fingerprint density at radius 2 is 2.07 bits per heavy atom. The van der Waals surface area contributed by atoms with Gasteiger partial charge in [0.2, 0.25) is 0 Å². The van der Waals surface area contributed by atoms with Crippen molar-refractivity contribution in [1.29, 1.82) is 0 Å². The molecule has 6 nitrogen and oxygen atoms in total. The third-order valence-electron chi connectivity index (χ3n) is 6.93. The second-order valence-corrected chi connectivity index (χ2v) is 8.55. The minimum Gasteiger partial charge on any atom is -0.461 e. The SMILES string of the molecule is CC12Cc3cnn(-c4ccc(F)cc4)c3C=C1CCCC21O[C@@H]2COC(=O)[C@@H]2O1. The Hall–Kier alpha value is -2.51. The average Bonchev–Trinajstić information content (AvgIpc) is 3.37. The van der Waals surface area contributed by atoms with Crippen LogP contribution >= 0.6 is 0 Å². The molecule has 29 heavy (non-hydrogen) atoms. The van der Waals surface area contributed by atoms with E-state index in [1.54, 1.807) is 12.1 Å². The number of cyclic esters (lactones) is 1. The number of esters is 1. The van der Waals surface area contributed by atoms with Crippen LogP contribution in [0.1, 0.15) is 37.4 Å². The van der Waals surface area contributed by atoms with E-state index in [2.05, 4.69) is 18.1 Å². The summed E-state index contributed by atoms with van der Waals surface area (Å²) < 4.78 is 33.0. The Morgan fingerprint density at radius 3 is 2.86 bits per heavy atom. The van der Waals surface area contributed by atoms with Crippen LogP contribution in [0, 0.1) is 11.2 Å². The summed E-state index contributed by atoms with van der Waals surface area (Å²) in [4.78, 5) is 12.0. The lowest BCUT2D eigenvalue weighted by Gasteiger charge is -2.51. The molecule has 0 bridgehead atoms. The lowest BCUT2D eigenvalue weighted by molar-refractivity contribution is -0.256. The Bertz CT molecular complexity index is 1050. The van der Waals surface area contributed by atoms with Crippen molar-refractivity contribution in [2.75, 3.05) is 6.61 Å². The molecule has 0 radical (unpaired) electrons. The number of hydrogen-bond donors (Lipinski definition) is 0. The highest BCUT2D eigenvalue weighted by Crippen LogP contribution is 2.58. The second-order valence-electron chi connectivity index (χ2n) is 8.55. The van der Waals surface area contributed by atoms with Gasteiger partial charge in [0.05, 0.1) is 17.6 Å². The van der Waals surface area contributed by atoms with Gasteiger partial charge in [-0.25, -0.2) is 13.9 Å². The molecule has 6 rings (SSSR count). The first-order valence-corrected chi connectivity index (χ1v) is 10.1. The van der Waals surface area contributed by atoms with E-state index in [0.29, 0.717) is 6.42 Å². The molecule has 2 saturated heterocycles. The summed E-state index contributed by atoms with van der Waals surface area (Å²) in [5.41, 5.74) is 3.80. The lowest BCUT2D eigenvalue weighted by atomic mass is 9.62. The molecule has 2 aliphatic heterocycles. The van der Waals surface area contributed by atoms with Gasteiger partial charge in [-0.3, -0.25) is 0 Å². The van der Waals surface area contributed by atoms with Crippen molar-refractivity contribution in [1.82, 2.24) is 9.78 Å². The van der Waals surface area contributed by atoms with E-state index in [0.717, 1.165) is 36.2 Å². The molecule has 3 fully saturated rings. The van der Waals surface area contributed by atoms with Gasteiger partial charge in [0, 0.05) is 11.8 Å². The van der Waals surface area contributed by atoms with Crippen LogP contribution in [0.15, 0.2) is 36.0 Å². The van der Waals surface area contributed by atoms with Crippen molar-refractivity contribution in [2.24, 2.45) is 5.41 Å². The van der Waals surface area contributed by atoms with E-state index in [9.17, 15) is 9.18 Å². The predicted octanol–water partition coefficient (Wildman–Crippen LogP) is 3.18. The van der Waals surface area contributed by atoms with E-state index in [1.807, 2.05) is 10.9 Å². The molecule has 7 heteroatoms. The molecule has 4 aliphatic rings. The number of aromatic nitrogens is 2. The zero-order valence-corrected chi connectivity index (χ0v) is 16.1. The third kappa shape index (κ3) is 2.28. The number of hydrogen-bond acceptors (Lipinski definition) is 5. The van der Waals surface area contributed by atoms with Crippen LogP contribution in [0.5, 0.6) is 0 Å². The number of fused-ring (bicyclic) bond motifs is 4. The van der Waals surface area contributed by atoms with Crippen LogP contribution in [0.3, 0.4) is 0 Å². The molecule has 1 saturated carbocycles. The fourth-order valence-electron chi connectivity index (χ4n) is 5.36. The Morgan fingerprint density at radius 1 is 1.24 bits per heavy atom. The number of rotatable bonds is 1. The molecular weight excluding hydrogens is 375 g/mol. The van der Waals surface area contributed by atoms with E-state index in [-0.39, 0.29) is 29.9 Å². The Labute approximate surface area is 167 Å². The Kier molecular flexibility index (Phi) is 3.45. The number of carbonyl (C=O) groups excluding carboxylic acids is 1. The van der Waals surface area contributed by atoms with Crippen molar-refractivity contribution >= 4 is 12.0 Å². The monoisotopic (exact) mass is 396 g/mol. The van der Waals surface area contributed by atoms with Gasteiger partial charge < -0.3 is 14.2 Å². The fraction of sp³-hybridized carbons (Fsp3) is 0.455. The number of benzene rings is 1. The largest absolute Gasteiger partial charge is 0.461 e. The molecule has 4 atom stereocenters. The molecule has 0 N–H and O–H groups in total. The van der Waals surface area contributed by atoms with Gasteiger partial charge in [-0.15, -0.1) is 0 Å². The van der Waals surface area contributed by atoms with Crippen molar-refractivity contribution in [3.05, 3.63) is 53.1 Å². The molecule has 1 aromatic carbocycles.